The number of aliphatic hydroxyl groups is 1. The van der Waals surface area contributed by atoms with E-state index in [2.05, 4.69) is 4.98 Å². The van der Waals surface area contributed by atoms with Gasteiger partial charge >= 0.3 is 18.1 Å². The Kier molecular flexibility index (Phi) is 9.84. The van der Waals surface area contributed by atoms with Crippen molar-refractivity contribution in [2.24, 2.45) is 0 Å². The van der Waals surface area contributed by atoms with Crippen LogP contribution in [0.4, 0.5) is 29.5 Å². The number of nitrogens with zero attached hydrogens (tertiary/aromatic N) is 6. The van der Waals surface area contributed by atoms with Crippen LogP contribution in [0.25, 0.3) is 0 Å². The number of benzene rings is 2. The first kappa shape index (κ1) is 33.4. The minimum absolute atomic E-state index is 0.0121. The highest BCUT2D eigenvalue weighted by Crippen LogP contribution is 2.38. The Morgan fingerprint density at radius 1 is 1.09 bits per heavy atom. The third-order valence-electron chi connectivity index (χ3n) is 7.15. The Morgan fingerprint density at radius 2 is 1.76 bits per heavy atom. The van der Waals surface area contributed by atoms with Gasteiger partial charge in [0, 0.05) is 25.7 Å². The summed E-state index contributed by atoms with van der Waals surface area (Å²) in [7, 11) is 0. The summed E-state index contributed by atoms with van der Waals surface area (Å²) in [5.41, 5.74) is -2.37. The molecule has 0 spiro atoms. The number of hydrogen-bond acceptors (Lipinski definition) is 9. The largest absolute Gasteiger partial charge is 0.465 e. The van der Waals surface area contributed by atoms with E-state index in [1.54, 1.807) is 30.0 Å². The monoisotopic (exact) mass is 650 g/mol. The topological polar surface area (TPSA) is 168 Å². The Morgan fingerprint density at radius 3 is 2.33 bits per heavy atom. The van der Waals surface area contributed by atoms with Crippen LogP contribution in [0.3, 0.4) is 0 Å². The van der Waals surface area contributed by atoms with Crippen molar-refractivity contribution in [1.82, 2.24) is 19.4 Å². The van der Waals surface area contributed by atoms with Gasteiger partial charge in [-0.05, 0) is 59.3 Å². The lowest BCUT2D eigenvalue weighted by atomic mass is 9.91. The number of β-amino-alcohol motifs (C(OH)–C–C–N with tert-alkyl or cyclic N) is 1. The van der Waals surface area contributed by atoms with Crippen LogP contribution in [-0.2, 0) is 12.7 Å². The molecule has 4 rings (SSSR count). The van der Waals surface area contributed by atoms with Gasteiger partial charge in [0.25, 0.3) is 10.8 Å². The van der Waals surface area contributed by atoms with E-state index in [4.69, 9.17) is 0 Å². The van der Waals surface area contributed by atoms with E-state index >= 15 is 0 Å². The highest BCUT2D eigenvalue weighted by atomic mass is 32.2. The molecule has 2 aromatic carbocycles. The summed E-state index contributed by atoms with van der Waals surface area (Å²) in [6, 6.07) is 8.54. The molecule has 0 radical (unpaired) electrons. The van der Waals surface area contributed by atoms with Gasteiger partial charge in [0.2, 0.25) is 0 Å². The first-order valence-electron chi connectivity index (χ1n) is 13.5. The molecule has 1 amide bonds. The number of piperazine rings is 1. The number of para-hydroxylation sites is 1. The Labute approximate surface area is 258 Å². The summed E-state index contributed by atoms with van der Waals surface area (Å²) in [6.07, 6.45) is -1.44. The number of allylic oxidation sites excluding steroid dienone is 1. The second kappa shape index (κ2) is 13.3. The Hall–Kier alpha value is -4.48. The van der Waals surface area contributed by atoms with Crippen molar-refractivity contribution < 1.29 is 38.0 Å². The van der Waals surface area contributed by atoms with E-state index in [1.165, 1.54) is 46.7 Å². The third-order valence-corrected chi connectivity index (χ3v) is 8.23. The molecule has 2 unspecified atom stereocenters. The van der Waals surface area contributed by atoms with Crippen molar-refractivity contribution in [3.63, 3.8) is 0 Å². The van der Waals surface area contributed by atoms with Crippen molar-refractivity contribution in [3.05, 3.63) is 98.2 Å². The molecule has 13 nitrogen and oxygen atoms in total. The number of nitro benzene ring substituents is 1. The van der Waals surface area contributed by atoms with E-state index in [0.717, 1.165) is 30.1 Å². The first-order valence-corrected chi connectivity index (χ1v) is 14.3. The molecular formula is C28H29F3N6O7S. The number of halogens is 3. The Balaban J connectivity index is 1.68. The van der Waals surface area contributed by atoms with Crippen molar-refractivity contribution in [2.45, 2.75) is 54.3 Å². The number of aromatic nitrogens is 2. The fourth-order valence-corrected chi connectivity index (χ4v) is 6.27. The summed E-state index contributed by atoms with van der Waals surface area (Å²) in [5.74, 6) is -0.544. The van der Waals surface area contributed by atoms with Gasteiger partial charge in [-0.3, -0.25) is 24.5 Å². The van der Waals surface area contributed by atoms with Gasteiger partial charge in [-0.1, -0.05) is 36.4 Å². The fraction of sp³-hybridized carbons (Fsp3) is 0.357. The van der Waals surface area contributed by atoms with Crippen LogP contribution >= 0.6 is 11.8 Å². The number of rotatable bonds is 10. The minimum atomic E-state index is -4.58. The van der Waals surface area contributed by atoms with Gasteiger partial charge in [-0.15, -0.1) is 0 Å². The summed E-state index contributed by atoms with van der Waals surface area (Å²) in [4.78, 5) is 41.0. The van der Waals surface area contributed by atoms with Gasteiger partial charge in [0.15, 0.2) is 0 Å². The van der Waals surface area contributed by atoms with Gasteiger partial charge in [-0.2, -0.15) is 13.2 Å². The fourth-order valence-electron chi connectivity index (χ4n) is 5.31. The predicted octanol–water partition coefficient (Wildman–Crippen LogP) is 5.60. The molecule has 240 valence electrons. The van der Waals surface area contributed by atoms with Gasteiger partial charge in [-0.25, -0.2) is 4.79 Å². The molecule has 1 aromatic heterocycles. The number of hydrogen-bond donors (Lipinski definition) is 2. The normalized spacial score (nSPS) is 19.0. The number of alkyl halides is 3. The van der Waals surface area contributed by atoms with Crippen molar-refractivity contribution in [3.8, 4) is 0 Å². The van der Waals surface area contributed by atoms with Crippen LogP contribution in [0.15, 0.2) is 76.9 Å². The first-order chi connectivity index (χ1) is 21.1. The van der Waals surface area contributed by atoms with Gasteiger partial charge in [0.05, 0.1) is 39.6 Å². The maximum atomic E-state index is 13.3. The summed E-state index contributed by atoms with van der Waals surface area (Å²) >= 11 is 0.813. The molecule has 2 N–H and O–H groups in total. The standard InChI is InChI=1S/C28H29F3N6O7S/c1-3-6-21-24(18-9-11-19(12-10-18)28(29,30)31)33(13-14-35(21)26(38)39)16-27(2,40)17-34-15-23(37(43)44)32-25(34)45-22-8-5-4-7-20(22)36(41)42/h3-12,15,21,24,40H,13-14,16-17H2,1-2H3,(H,38,39)/t21-,24?,27?/m0/s1. The van der Waals surface area contributed by atoms with Crippen molar-refractivity contribution in [1.29, 1.82) is 0 Å². The van der Waals surface area contributed by atoms with Crippen LogP contribution in [0.5, 0.6) is 0 Å². The van der Waals surface area contributed by atoms with E-state index < -0.39 is 51.2 Å². The zero-order valence-corrected chi connectivity index (χ0v) is 24.8. The second-order valence-electron chi connectivity index (χ2n) is 10.6. The quantitative estimate of drug-likeness (QED) is 0.160. The molecule has 1 saturated heterocycles. The molecule has 45 heavy (non-hydrogen) atoms. The molecule has 0 bridgehead atoms. The summed E-state index contributed by atoms with van der Waals surface area (Å²) < 4.78 is 41.2. The lowest BCUT2D eigenvalue weighted by Gasteiger charge is -2.47. The number of imidazole rings is 1. The highest BCUT2D eigenvalue weighted by Gasteiger charge is 2.42. The van der Waals surface area contributed by atoms with Crippen LogP contribution < -0.4 is 0 Å². The smallest absolute Gasteiger partial charge is 0.416 e. The molecule has 1 aliphatic heterocycles. The number of amides is 1. The van der Waals surface area contributed by atoms with Crippen LogP contribution in [0.1, 0.15) is 31.0 Å². The Bertz CT molecular complexity index is 1600. The molecule has 17 heteroatoms. The van der Waals surface area contributed by atoms with E-state index in [0.29, 0.717) is 5.56 Å². The SMILES string of the molecule is CC=C[C@H]1C(c2ccc(C(F)(F)F)cc2)N(CC(C)(O)Cn2cc([N+](=O)[O-])nc2Sc2ccccc2[N+](=O)[O-])CCN1C(=O)O. The van der Waals surface area contributed by atoms with Crippen molar-refractivity contribution in [2.75, 3.05) is 19.6 Å². The average molecular weight is 651 g/mol. The minimum Gasteiger partial charge on any atom is -0.465 e. The van der Waals surface area contributed by atoms with Crippen molar-refractivity contribution >= 4 is 29.4 Å². The molecule has 3 atom stereocenters. The predicted molar refractivity (Wildman–Crippen MR) is 156 cm³/mol. The maximum Gasteiger partial charge on any atom is 0.416 e. The molecule has 2 heterocycles. The number of nitro groups is 2. The maximum absolute atomic E-state index is 13.3. The molecule has 1 fully saturated rings. The highest BCUT2D eigenvalue weighted by molar-refractivity contribution is 7.99. The van der Waals surface area contributed by atoms with Crippen LogP contribution in [0.2, 0.25) is 0 Å². The summed E-state index contributed by atoms with van der Waals surface area (Å²) in [6.45, 7) is 2.90. The number of carbonyl (C=O) groups is 1. The van der Waals surface area contributed by atoms with Crippen LogP contribution in [-0.4, -0.2) is 76.8 Å². The number of carboxylic acid groups (broad SMARTS) is 1. The lowest BCUT2D eigenvalue weighted by Crippen LogP contribution is -2.58. The molecule has 1 aliphatic rings. The van der Waals surface area contributed by atoms with Gasteiger partial charge in [0.1, 0.15) is 6.20 Å². The zero-order valence-electron chi connectivity index (χ0n) is 24.0. The molecule has 3 aromatic rings. The second-order valence-corrected chi connectivity index (χ2v) is 11.6. The summed E-state index contributed by atoms with van der Waals surface area (Å²) in [5, 5.41) is 44.6. The van der Waals surface area contributed by atoms with Crippen LogP contribution in [0, 0.1) is 20.2 Å². The molecule has 0 saturated carbocycles. The molecular weight excluding hydrogens is 621 g/mol. The van der Waals surface area contributed by atoms with E-state index in [9.17, 15) is 48.4 Å². The zero-order chi connectivity index (χ0) is 33.1. The lowest BCUT2D eigenvalue weighted by molar-refractivity contribution is -0.389. The molecule has 0 aliphatic carbocycles. The van der Waals surface area contributed by atoms with Gasteiger partial charge < -0.3 is 20.3 Å². The third kappa shape index (κ3) is 7.79. The van der Waals surface area contributed by atoms with E-state index in [1.807, 2.05) is 0 Å². The van der Waals surface area contributed by atoms with E-state index in [-0.39, 0.29) is 41.9 Å². The average Bonchev–Trinajstić information content (AvgIpc) is 3.34.